The fourth-order valence-corrected chi connectivity index (χ4v) is 2.35. The van der Waals surface area contributed by atoms with E-state index in [9.17, 15) is 4.79 Å². The Kier molecular flexibility index (Phi) is 5.16. The normalized spacial score (nSPS) is 27.6. The Labute approximate surface area is 87.5 Å². The maximum absolute atomic E-state index is 11.8. The Balaban J connectivity index is 2.31. The summed E-state index contributed by atoms with van der Waals surface area (Å²) in [5, 5.41) is 3.13. The van der Waals surface area contributed by atoms with E-state index in [-0.39, 0.29) is 0 Å². The fraction of sp³-hybridized carbons (Fsp3) is 0.917. The van der Waals surface area contributed by atoms with Gasteiger partial charge in [0.15, 0.2) is 0 Å². The van der Waals surface area contributed by atoms with Crippen LogP contribution in [-0.4, -0.2) is 18.9 Å². The minimum Gasteiger partial charge on any atom is -0.310 e. The van der Waals surface area contributed by atoms with E-state index in [1.807, 2.05) is 6.92 Å². The molecule has 0 saturated heterocycles. The van der Waals surface area contributed by atoms with Gasteiger partial charge in [0.05, 0.1) is 6.54 Å². The minimum absolute atomic E-state index is 0.354. The van der Waals surface area contributed by atoms with Crippen molar-refractivity contribution in [2.75, 3.05) is 13.1 Å². The van der Waals surface area contributed by atoms with Crippen LogP contribution in [0.5, 0.6) is 0 Å². The van der Waals surface area contributed by atoms with Crippen LogP contribution >= 0.6 is 0 Å². The highest BCUT2D eigenvalue weighted by molar-refractivity contribution is 5.83. The number of hydrogen-bond donors (Lipinski definition) is 1. The van der Waals surface area contributed by atoms with E-state index in [1.54, 1.807) is 0 Å². The van der Waals surface area contributed by atoms with Crippen molar-refractivity contribution in [2.24, 2.45) is 11.8 Å². The van der Waals surface area contributed by atoms with E-state index >= 15 is 0 Å². The molecule has 0 amide bonds. The summed E-state index contributed by atoms with van der Waals surface area (Å²) in [6.07, 6.45) is 6.09. The monoisotopic (exact) mass is 197 g/mol. The van der Waals surface area contributed by atoms with Gasteiger partial charge in [0.2, 0.25) is 0 Å². The van der Waals surface area contributed by atoms with Gasteiger partial charge >= 0.3 is 0 Å². The maximum atomic E-state index is 11.8. The van der Waals surface area contributed by atoms with Crippen LogP contribution in [-0.2, 0) is 4.79 Å². The Bertz CT molecular complexity index is 179. The fourth-order valence-electron chi connectivity index (χ4n) is 2.35. The van der Waals surface area contributed by atoms with Gasteiger partial charge in [0.25, 0.3) is 0 Å². The second-order valence-electron chi connectivity index (χ2n) is 4.38. The van der Waals surface area contributed by atoms with E-state index in [0.29, 0.717) is 18.2 Å². The van der Waals surface area contributed by atoms with Crippen LogP contribution in [0.3, 0.4) is 0 Å². The lowest BCUT2D eigenvalue weighted by Crippen LogP contribution is -2.31. The van der Waals surface area contributed by atoms with Gasteiger partial charge in [-0.1, -0.05) is 33.1 Å². The van der Waals surface area contributed by atoms with E-state index in [0.717, 1.165) is 25.3 Å². The molecule has 1 fully saturated rings. The molecule has 0 radical (unpaired) electrons. The Morgan fingerprint density at radius 2 is 2.14 bits per heavy atom. The molecule has 1 N–H and O–H groups in total. The Morgan fingerprint density at radius 1 is 1.36 bits per heavy atom. The molecule has 0 aromatic carbocycles. The first kappa shape index (κ1) is 11.7. The smallest absolute Gasteiger partial charge is 0.149 e. The summed E-state index contributed by atoms with van der Waals surface area (Å²) in [5.74, 6) is 1.59. The summed E-state index contributed by atoms with van der Waals surface area (Å²) in [7, 11) is 0. The molecule has 0 bridgehead atoms. The van der Waals surface area contributed by atoms with Crippen LogP contribution in [0.15, 0.2) is 0 Å². The number of ketones is 1. The summed E-state index contributed by atoms with van der Waals surface area (Å²) in [4.78, 5) is 11.8. The van der Waals surface area contributed by atoms with Gasteiger partial charge < -0.3 is 5.32 Å². The highest BCUT2D eigenvalue weighted by Gasteiger charge is 2.25. The molecule has 2 heteroatoms. The zero-order valence-electron chi connectivity index (χ0n) is 9.51. The maximum Gasteiger partial charge on any atom is 0.149 e. The van der Waals surface area contributed by atoms with Crippen molar-refractivity contribution in [3.05, 3.63) is 0 Å². The van der Waals surface area contributed by atoms with E-state index in [2.05, 4.69) is 12.2 Å². The molecule has 0 aromatic rings. The molecular formula is C12H23NO. The van der Waals surface area contributed by atoms with Crippen LogP contribution in [0.1, 0.15) is 46.0 Å². The first-order valence-corrected chi connectivity index (χ1v) is 6.01. The van der Waals surface area contributed by atoms with E-state index < -0.39 is 0 Å². The first-order valence-electron chi connectivity index (χ1n) is 6.01. The van der Waals surface area contributed by atoms with Crippen molar-refractivity contribution in [1.29, 1.82) is 0 Å². The van der Waals surface area contributed by atoms with Crippen molar-refractivity contribution in [1.82, 2.24) is 5.32 Å². The second-order valence-corrected chi connectivity index (χ2v) is 4.38. The summed E-state index contributed by atoms with van der Waals surface area (Å²) in [5.41, 5.74) is 0. The SMILES string of the molecule is CCNCC(=O)C1CCCC(CC)C1. The van der Waals surface area contributed by atoms with E-state index in [1.165, 1.54) is 19.3 Å². The lowest BCUT2D eigenvalue weighted by atomic mass is 9.78. The molecule has 0 aromatic heterocycles. The van der Waals surface area contributed by atoms with Crippen molar-refractivity contribution in [3.63, 3.8) is 0 Å². The van der Waals surface area contributed by atoms with Crippen molar-refractivity contribution < 1.29 is 4.79 Å². The van der Waals surface area contributed by atoms with Crippen LogP contribution in [0.4, 0.5) is 0 Å². The highest BCUT2D eigenvalue weighted by atomic mass is 16.1. The van der Waals surface area contributed by atoms with Gasteiger partial charge in [0.1, 0.15) is 5.78 Å². The number of likely N-dealkylation sites (N-methyl/N-ethyl adjacent to an activating group) is 1. The average Bonchev–Trinajstić information content (AvgIpc) is 2.26. The van der Waals surface area contributed by atoms with Gasteiger partial charge in [-0.15, -0.1) is 0 Å². The predicted octanol–water partition coefficient (Wildman–Crippen LogP) is 2.38. The lowest BCUT2D eigenvalue weighted by Gasteiger charge is -2.27. The van der Waals surface area contributed by atoms with Crippen molar-refractivity contribution in [2.45, 2.75) is 46.0 Å². The minimum atomic E-state index is 0.354. The Morgan fingerprint density at radius 3 is 2.79 bits per heavy atom. The summed E-state index contributed by atoms with van der Waals surface area (Å²) in [6.45, 7) is 5.76. The van der Waals surface area contributed by atoms with Crippen LogP contribution in [0, 0.1) is 11.8 Å². The molecule has 14 heavy (non-hydrogen) atoms. The number of nitrogens with one attached hydrogen (secondary N) is 1. The van der Waals surface area contributed by atoms with Crippen LogP contribution < -0.4 is 5.32 Å². The largest absolute Gasteiger partial charge is 0.310 e. The first-order chi connectivity index (χ1) is 6.77. The molecule has 0 heterocycles. The average molecular weight is 197 g/mol. The molecule has 82 valence electrons. The summed E-state index contributed by atoms with van der Waals surface area (Å²) in [6, 6.07) is 0. The zero-order valence-corrected chi connectivity index (χ0v) is 9.51. The number of carbonyl (C=O) groups excluding carboxylic acids is 1. The molecule has 1 rings (SSSR count). The van der Waals surface area contributed by atoms with Gasteiger partial charge in [-0.3, -0.25) is 4.79 Å². The molecule has 1 saturated carbocycles. The van der Waals surface area contributed by atoms with Gasteiger partial charge in [-0.25, -0.2) is 0 Å². The van der Waals surface area contributed by atoms with Crippen LogP contribution in [0.25, 0.3) is 0 Å². The molecule has 2 atom stereocenters. The Hall–Kier alpha value is -0.370. The third-order valence-electron chi connectivity index (χ3n) is 3.36. The standard InChI is InChI=1S/C12H23NO/c1-3-10-6-5-7-11(8-10)12(14)9-13-4-2/h10-11,13H,3-9H2,1-2H3. The summed E-state index contributed by atoms with van der Waals surface area (Å²) < 4.78 is 0. The highest BCUT2D eigenvalue weighted by Crippen LogP contribution is 2.31. The molecule has 2 nitrogen and oxygen atoms in total. The molecule has 1 aliphatic rings. The number of hydrogen-bond acceptors (Lipinski definition) is 2. The molecule has 0 aliphatic heterocycles. The van der Waals surface area contributed by atoms with Gasteiger partial charge in [-0.05, 0) is 25.3 Å². The number of Topliss-reactive ketones (excluding diaryl/α,β-unsaturated/α-hetero) is 1. The van der Waals surface area contributed by atoms with Crippen molar-refractivity contribution in [3.8, 4) is 0 Å². The lowest BCUT2D eigenvalue weighted by molar-refractivity contribution is -0.123. The van der Waals surface area contributed by atoms with Crippen molar-refractivity contribution >= 4 is 5.78 Å². The molecule has 1 aliphatic carbocycles. The quantitative estimate of drug-likeness (QED) is 0.733. The van der Waals surface area contributed by atoms with E-state index in [4.69, 9.17) is 0 Å². The third-order valence-corrected chi connectivity index (χ3v) is 3.36. The van der Waals surface area contributed by atoms with Gasteiger partial charge in [-0.2, -0.15) is 0 Å². The molecule has 2 unspecified atom stereocenters. The zero-order chi connectivity index (χ0) is 10.4. The predicted molar refractivity (Wildman–Crippen MR) is 59.3 cm³/mol. The number of rotatable bonds is 5. The summed E-state index contributed by atoms with van der Waals surface area (Å²) >= 11 is 0. The molecular weight excluding hydrogens is 174 g/mol. The topological polar surface area (TPSA) is 29.1 Å². The van der Waals surface area contributed by atoms with Gasteiger partial charge in [0, 0.05) is 5.92 Å². The third kappa shape index (κ3) is 3.41. The molecule has 0 spiro atoms. The number of carbonyl (C=O) groups is 1. The van der Waals surface area contributed by atoms with Crippen LogP contribution in [0.2, 0.25) is 0 Å². The second kappa shape index (κ2) is 6.18.